The van der Waals surface area contributed by atoms with E-state index < -0.39 is 0 Å². The molecule has 0 aromatic carbocycles. The standard InChI is InChI=1S/C9H11N3OS/c1-2-3-4-5-6-10-9(13)8-7-14-12-11-8/h1,7H,3-6H2,(H,10,13). The normalized spacial score (nSPS) is 9.36. The Morgan fingerprint density at radius 3 is 3.14 bits per heavy atom. The van der Waals surface area contributed by atoms with Crippen LogP contribution in [0.1, 0.15) is 29.8 Å². The predicted octanol–water partition coefficient (Wildman–Crippen LogP) is 1.07. The van der Waals surface area contributed by atoms with Gasteiger partial charge in [0.2, 0.25) is 0 Å². The van der Waals surface area contributed by atoms with Gasteiger partial charge in [0, 0.05) is 18.3 Å². The van der Waals surface area contributed by atoms with Crippen LogP contribution in [-0.4, -0.2) is 22.0 Å². The molecule has 0 saturated carbocycles. The number of aromatic nitrogens is 2. The fourth-order valence-corrected chi connectivity index (χ4v) is 1.34. The average molecular weight is 209 g/mol. The van der Waals surface area contributed by atoms with Crippen molar-refractivity contribution < 1.29 is 4.79 Å². The van der Waals surface area contributed by atoms with Crippen molar-refractivity contribution in [3.05, 3.63) is 11.1 Å². The molecule has 0 radical (unpaired) electrons. The molecule has 1 heterocycles. The first-order valence-corrected chi connectivity index (χ1v) is 5.17. The van der Waals surface area contributed by atoms with Gasteiger partial charge in [-0.05, 0) is 24.4 Å². The lowest BCUT2D eigenvalue weighted by atomic mass is 10.2. The van der Waals surface area contributed by atoms with E-state index >= 15 is 0 Å². The van der Waals surface area contributed by atoms with Gasteiger partial charge in [-0.25, -0.2) is 0 Å². The Labute approximate surface area is 86.9 Å². The SMILES string of the molecule is C#CCCCCNC(=O)c1csnn1. The molecule has 0 atom stereocenters. The number of carbonyl (C=O) groups excluding carboxylic acids is 1. The molecule has 5 heteroatoms. The van der Waals surface area contributed by atoms with Gasteiger partial charge in [-0.1, -0.05) is 4.49 Å². The molecule has 0 saturated heterocycles. The van der Waals surface area contributed by atoms with Crippen LogP contribution >= 0.6 is 11.5 Å². The van der Waals surface area contributed by atoms with E-state index in [9.17, 15) is 4.79 Å². The highest BCUT2D eigenvalue weighted by Crippen LogP contribution is 1.97. The van der Waals surface area contributed by atoms with Crippen LogP contribution in [-0.2, 0) is 0 Å². The number of amides is 1. The number of terminal acetylenes is 1. The van der Waals surface area contributed by atoms with Gasteiger partial charge in [0.15, 0.2) is 5.69 Å². The van der Waals surface area contributed by atoms with E-state index in [-0.39, 0.29) is 5.91 Å². The van der Waals surface area contributed by atoms with E-state index in [1.807, 2.05) is 0 Å². The van der Waals surface area contributed by atoms with Gasteiger partial charge in [-0.3, -0.25) is 4.79 Å². The molecule has 0 bridgehead atoms. The fraction of sp³-hybridized carbons (Fsp3) is 0.444. The molecule has 4 nitrogen and oxygen atoms in total. The maximum Gasteiger partial charge on any atom is 0.272 e. The maximum absolute atomic E-state index is 11.3. The molecule has 14 heavy (non-hydrogen) atoms. The zero-order chi connectivity index (χ0) is 10.2. The third kappa shape index (κ3) is 3.54. The summed E-state index contributed by atoms with van der Waals surface area (Å²) in [5.41, 5.74) is 0.381. The van der Waals surface area contributed by atoms with Crippen LogP contribution in [0.15, 0.2) is 5.38 Å². The van der Waals surface area contributed by atoms with Gasteiger partial charge in [0.1, 0.15) is 0 Å². The average Bonchev–Trinajstić information content (AvgIpc) is 2.70. The highest BCUT2D eigenvalue weighted by molar-refractivity contribution is 7.03. The van der Waals surface area contributed by atoms with Gasteiger partial charge >= 0.3 is 0 Å². The van der Waals surface area contributed by atoms with Crippen LogP contribution in [0.4, 0.5) is 0 Å². The van der Waals surface area contributed by atoms with Crippen molar-refractivity contribution in [3.63, 3.8) is 0 Å². The monoisotopic (exact) mass is 209 g/mol. The Bertz CT molecular complexity index is 315. The topological polar surface area (TPSA) is 54.9 Å². The van der Waals surface area contributed by atoms with Crippen molar-refractivity contribution in [2.24, 2.45) is 0 Å². The molecular formula is C9H11N3OS. The van der Waals surface area contributed by atoms with Crippen LogP contribution in [0, 0.1) is 12.3 Å². The first-order valence-electron chi connectivity index (χ1n) is 4.33. The van der Waals surface area contributed by atoms with Crippen LogP contribution in [0.25, 0.3) is 0 Å². The summed E-state index contributed by atoms with van der Waals surface area (Å²) in [4.78, 5) is 11.3. The molecule has 0 aliphatic heterocycles. The zero-order valence-corrected chi connectivity index (χ0v) is 8.51. The summed E-state index contributed by atoms with van der Waals surface area (Å²) < 4.78 is 3.61. The van der Waals surface area contributed by atoms with Crippen LogP contribution in [0.2, 0.25) is 0 Å². The van der Waals surface area contributed by atoms with Crippen LogP contribution in [0.3, 0.4) is 0 Å². The molecule has 1 N–H and O–H groups in total. The van der Waals surface area contributed by atoms with Crippen LogP contribution in [0.5, 0.6) is 0 Å². The Morgan fingerprint density at radius 1 is 1.64 bits per heavy atom. The van der Waals surface area contributed by atoms with Crippen molar-refractivity contribution >= 4 is 17.4 Å². The second-order valence-electron chi connectivity index (χ2n) is 2.71. The van der Waals surface area contributed by atoms with Crippen LogP contribution < -0.4 is 5.32 Å². The minimum absolute atomic E-state index is 0.167. The summed E-state index contributed by atoms with van der Waals surface area (Å²) in [5, 5.41) is 8.02. The minimum Gasteiger partial charge on any atom is -0.351 e. The molecule has 74 valence electrons. The zero-order valence-electron chi connectivity index (χ0n) is 7.69. The van der Waals surface area contributed by atoms with Gasteiger partial charge in [-0.2, -0.15) is 0 Å². The summed E-state index contributed by atoms with van der Waals surface area (Å²) >= 11 is 1.17. The second-order valence-corrected chi connectivity index (χ2v) is 3.32. The van der Waals surface area contributed by atoms with E-state index in [2.05, 4.69) is 20.8 Å². The highest BCUT2D eigenvalue weighted by Gasteiger charge is 2.06. The van der Waals surface area contributed by atoms with E-state index in [1.54, 1.807) is 5.38 Å². The lowest BCUT2D eigenvalue weighted by molar-refractivity contribution is 0.0948. The second kappa shape index (κ2) is 6.11. The third-order valence-corrected chi connectivity index (χ3v) is 2.13. The number of hydrogen-bond acceptors (Lipinski definition) is 4. The molecular weight excluding hydrogens is 198 g/mol. The number of hydrogen-bond donors (Lipinski definition) is 1. The summed E-state index contributed by atoms with van der Waals surface area (Å²) in [6, 6.07) is 0. The number of nitrogens with zero attached hydrogens (tertiary/aromatic N) is 2. The largest absolute Gasteiger partial charge is 0.351 e. The Kier molecular flexibility index (Phi) is 4.65. The van der Waals surface area contributed by atoms with E-state index in [4.69, 9.17) is 6.42 Å². The molecule has 0 spiro atoms. The van der Waals surface area contributed by atoms with Gasteiger partial charge in [0.05, 0.1) is 0 Å². The van der Waals surface area contributed by atoms with Gasteiger partial charge < -0.3 is 5.32 Å². The Balaban J connectivity index is 2.14. The lowest BCUT2D eigenvalue weighted by Crippen LogP contribution is -2.24. The van der Waals surface area contributed by atoms with Crippen molar-refractivity contribution in [1.29, 1.82) is 0 Å². The summed E-state index contributed by atoms with van der Waals surface area (Å²) in [6.07, 6.45) is 7.68. The Morgan fingerprint density at radius 2 is 2.50 bits per heavy atom. The van der Waals surface area contributed by atoms with E-state index in [0.29, 0.717) is 12.2 Å². The van der Waals surface area contributed by atoms with Crippen molar-refractivity contribution in [2.45, 2.75) is 19.3 Å². The fourth-order valence-electron chi connectivity index (χ4n) is 0.908. The van der Waals surface area contributed by atoms with E-state index in [0.717, 1.165) is 19.3 Å². The highest BCUT2D eigenvalue weighted by atomic mass is 32.1. The van der Waals surface area contributed by atoms with Crippen molar-refractivity contribution in [2.75, 3.05) is 6.54 Å². The first-order chi connectivity index (χ1) is 6.84. The Hall–Kier alpha value is -1.41. The maximum atomic E-state index is 11.3. The molecule has 0 unspecified atom stereocenters. The minimum atomic E-state index is -0.167. The first kappa shape index (κ1) is 10.7. The third-order valence-electron chi connectivity index (χ3n) is 1.63. The smallest absolute Gasteiger partial charge is 0.272 e. The summed E-state index contributed by atoms with van der Waals surface area (Å²) in [7, 11) is 0. The summed E-state index contributed by atoms with van der Waals surface area (Å²) in [5.74, 6) is 2.38. The number of nitrogens with one attached hydrogen (secondary N) is 1. The quantitative estimate of drug-likeness (QED) is 0.583. The van der Waals surface area contributed by atoms with Crippen molar-refractivity contribution in [1.82, 2.24) is 14.9 Å². The molecule has 0 aliphatic carbocycles. The molecule has 0 aliphatic rings. The van der Waals surface area contributed by atoms with E-state index in [1.165, 1.54) is 11.5 Å². The molecule has 1 rings (SSSR count). The summed E-state index contributed by atoms with van der Waals surface area (Å²) in [6.45, 7) is 0.637. The number of carbonyl (C=O) groups is 1. The molecule has 0 fully saturated rings. The molecule has 1 aromatic heterocycles. The predicted molar refractivity (Wildman–Crippen MR) is 54.9 cm³/mol. The van der Waals surface area contributed by atoms with Gasteiger partial charge in [0.25, 0.3) is 5.91 Å². The number of rotatable bonds is 5. The molecule has 1 amide bonds. The number of unbranched alkanes of at least 4 members (excludes halogenated alkanes) is 2. The lowest BCUT2D eigenvalue weighted by Gasteiger charge is -2.00. The molecule has 1 aromatic rings. The van der Waals surface area contributed by atoms with Crippen molar-refractivity contribution in [3.8, 4) is 12.3 Å². The van der Waals surface area contributed by atoms with Gasteiger partial charge in [-0.15, -0.1) is 17.4 Å².